The van der Waals surface area contributed by atoms with Gasteiger partial charge >= 0.3 is 0 Å². The van der Waals surface area contributed by atoms with Crippen LogP contribution in [0.5, 0.6) is 0 Å². The molecule has 3 fully saturated rings. The number of hydrogen-bond donors (Lipinski definition) is 8. The molecule has 67 heavy (non-hydrogen) atoms. The molecule has 3 saturated heterocycles. The van der Waals surface area contributed by atoms with Gasteiger partial charge in [-0.25, -0.2) is 0 Å². The maximum absolute atomic E-state index is 12.4. The fraction of sp³-hybridized carbons (Fsp3) is 0.479. The van der Waals surface area contributed by atoms with Gasteiger partial charge in [0.15, 0.2) is 17.3 Å². The van der Waals surface area contributed by atoms with Crippen LogP contribution in [0, 0.1) is 6.07 Å². The smallest absolute Gasteiger partial charge is 0.257 e. The van der Waals surface area contributed by atoms with Gasteiger partial charge in [-0.2, -0.15) is 18.2 Å². The molecule has 6 heterocycles. The molecule has 355 valence electrons. The average Bonchev–Trinajstić information content (AvgIpc) is 3.32. The average molecular weight is 996 g/mol. The van der Waals surface area contributed by atoms with E-state index in [-0.39, 0.29) is 124 Å². The van der Waals surface area contributed by atoms with Crippen LogP contribution < -0.4 is 32.1 Å². The molecule has 0 bridgehead atoms. The first-order valence-electron chi connectivity index (χ1n) is 22.8. The summed E-state index contributed by atoms with van der Waals surface area (Å²) in [7, 11) is 0. The predicted octanol–water partition coefficient (Wildman–Crippen LogP) is 1.43. The van der Waals surface area contributed by atoms with E-state index in [2.05, 4.69) is 37.6 Å². The van der Waals surface area contributed by atoms with Crippen LogP contribution in [0.3, 0.4) is 0 Å². The second-order valence-electron chi connectivity index (χ2n) is 17.4. The van der Waals surface area contributed by atoms with Gasteiger partial charge in [-0.15, -0.1) is 6.07 Å². The summed E-state index contributed by atoms with van der Waals surface area (Å²) in [6, 6.07) is 21.8. The van der Waals surface area contributed by atoms with Crippen molar-refractivity contribution in [2.75, 3.05) is 56.7 Å². The van der Waals surface area contributed by atoms with E-state index < -0.39 is 18.3 Å². The molecule has 3 aromatic carbocycles. The van der Waals surface area contributed by atoms with Gasteiger partial charge in [-0.05, 0) is 93.3 Å². The third-order valence-electron chi connectivity index (χ3n) is 12.5. The van der Waals surface area contributed by atoms with E-state index in [0.717, 1.165) is 63.1 Å². The molecular formula is C48H60N9O9Y-. The Morgan fingerprint density at radius 2 is 1.06 bits per heavy atom. The Bertz CT molecular complexity index is 2320. The minimum Gasteiger partial charge on any atom is -0.391 e. The van der Waals surface area contributed by atoms with E-state index in [0.29, 0.717) is 41.8 Å². The second-order valence-corrected chi connectivity index (χ2v) is 17.4. The summed E-state index contributed by atoms with van der Waals surface area (Å²) in [4.78, 5) is 80.9. The number of piperidine rings is 3. The van der Waals surface area contributed by atoms with E-state index in [4.69, 9.17) is 0 Å². The van der Waals surface area contributed by atoms with Crippen molar-refractivity contribution in [2.24, 2.45) is 0 Å². The third kappa shape index (κ3) is 13.9. The number of aliphatic hydroxyl groups is 3. The minimum atomic E-state index is -0.501. The van der Waals surface area contributed by atoms with Gasteiger partial charge in [0, 0.05) is 81.5 Å². The Morgan fingerprint density at radius 1 is 0.627 bits per heavy atom. The molecule has 0 saturated carbocycles. The first-order chi connectivity index (χ1) is 31.9. The Labute approximate surface area is 414 Å². The molecule has 4 aromatic rings. The number of fused-ring (bicyclic) bond motifs is 3. The van der Waals surface area contributed by atoms with Gasteiger partial charge in [0.1, 0.15) is 0 Å². The van der Waals surface area contributed by atoms with Gasteiger partial charge < -0.3 is 56.3 Å². The minimum absolute atomic E-state index is 0. The molecule has 19 heteroatoms. The molecule has 9 rings (SSSR count). The fourth-order valence-electron chi connectivity index (χ4n) is 8.88. The van der Waals surface area contributed by atoms with Crippen LogP contribution in [-0.4, -0.2) is 146 Å². The molecule has 8 N–H and O–H groups in total. The van der Waals surface area contributed by atoms with Crippen molar-refractivity contribution in [2.45, 2.75) is 101 Å². The summed E-state index contributed by atoms with van der Waals surface area (Å²) >= 11 is 0. The number of ketones is 3. The number of aliphatic hydroxyl groups excluding tert-OH is 3. The zero-order valence-corrected chi connectivity index (χ0v) is 40.4. The van der Waals surface area contributed by atoms with E-state index in [9.17, 15) is 44.1 Å². The summed E-state index contributed by atoms with van der Waals surface area (Å²) in [6.45, 7) is 3.25. The van der Waals surface area contributed by atoms with Crippen LogP contribution in [0.4, 0.5) is 11.4 Å². The number of amides is 2. The number of carbonyl (C=O) groups excluding carboxylic acids is 5. The van der Waals surface area contributed by atoms with E-state index in [1.54, 1.807) is 30.3 Å². The Morgan fingerprint density at radius 3 is 1.51 bits per heavy atom. The number of para-hydroxylation sites is 2. The van der Waals surface area contributed by atoms with Crippen LogP contribution in [0.1, 0.15) is 78.5 Å². The van der Waals surface area contributed by atoms with Gasteiger partial charge in [0.25, 0.3) is 11.8 Å². The Kier molecular flexibility index (Phi) is 19.3. The van der Waals surface area contributed by atoms with Crippen LogP contribution in [-0.2, 0) is 53.6 Å². The third-order valence-corrected chi connectivity index (χ3v) is 12.5. The van der Waals surface area contributed by atoms with E-state index in [1.807, 2.05) is 36.4 Å². The normalized spacial score (nSPS) is 23.3. The zero-order valence-electron chi connectivity index (χ0n) is 37.6. The van der Waals surface area contributed by atoms with E-state index >= 15 is 0 Å². The van der Waals surface area contributed by atoms with Crippen LogP contribution in [0.2, 0.25) is 0 Å². The van der Waals surface area contributed by atoms with Crippen LogP contribution in [0.15, 0.2) is 77.9 Å². The maximum Gasteiger partial charge on any atom is 0.257 e. The summed E-state index contributed by atoms with van der Waals surface area (Å²) in [5.74, 6) is -0.415. The van der Waals surface area contributed by atoms with Crippen LogP contribution >= 0.6 is 0 Å². The topological polar surface area (TPSA) is 248 Å². The number of nitrogens with zero attached hydrogens (tertiary/aromatic N) is 4. The second kappa shape index (κ2) is 25.0. The molecule has 1 radical (unpaired) electrons. The molecule has 0 spiro atoms. The summed E-state index contributed by atoms with van der Waals surface area (Å²) in [5.41, 5.74) is 3.15. The molecule has 18 nitrogen and oxygen atoms in total. The van der Waals surface area contributed by atoms with Crippen LogP contribution in [0.25, 0.3) is 10.9 Å². The standard InChI is InChI=1S/2C16H21N3O3.C16H18N3O3.Y/c3*20-11(8-14-15(21)6-3-7-17-14)9-19-10-18-13-5-2-1-4-12(13)16(19)22;/h2*1-2,4-5,14-15,17-18,21H,3,6-10H2;2,4-5,10,14-15,17,21H,3,6-9H2;/q;;-1;/t3*14-,15+;/m111./s1. The number of aromatic nitrogens is 2. The summed E-state index contributed by atoms with van der Waals surface area (Å²) < 4.78 is 1.31. The zero-order chi connectivity index (χ0) is 46.6. The number of hydrogen-bond acceptors (Lipinski definition) is 15. The van der Waals surface area contributed by atoms with Crippen molar-refractivity contribution in [3.8, 4) is 0 Å². The summed E-state index contributed by atoms with van der Waals surface area (Å²) in [5, 5.41) is 45.9. The van der Waals surface area contributed by atoms with Crippen molar-refractivity contribution in [1.29, 1.82) is 0 Å². The molecule has 1 aromatic heterocycles. The molecule has 0 aliphatic carbocycles. The van der Waals surface area contributed by atoms with Crippen molar-refractivity contribution in [3.63, 3.8) is 0 Å². The molecular weight excluding hydrogens is 935 g/mol. The van der Waals surface area contributed by atoms with Gasteiger partial charge in [-0.3, -0.25) is 33.8 Å². The first kappa shape index (κ1) is 51.6. The Balaban J connectivity index is 0.000000165. The van der Waals surface area contributed by atoms with Gasteiger partial charge in [0.2, 0.25) is 5.56 Å². The summed E-state index contributed by atoms with van der Waals surface area (Å²) in [6.07, 6.45) is 5.59. The van der Waals surface area contributed by atoms with Crippen molar-refractivity contribution >= 4 is 51.4 Å². The first-order valence-corrected chi connectivity index (χ1v) is 22.8. The monoisotopic (exact) mass is 995 g/mol. The number of benzene rings is 3. The number of Topliss-reactive ketones (excluding diaryl/α,β-unsaturated/α-hetero) is 3. The van der Waals surface area contributed by atoms with Crippen molar-refractivity contribution < 1.29 is 72.0 Å². The molecule has 2 amide bonds. The largest absolute Gasteiger partial charge is 0.391 e. The quantitative estimate of drug-likeness (QED) is 0.0937. The van der Waals surface area contributed by atoms with Gasteiger partial charge in [-0.1, -0.05) is 24.3 Å². The molecule has 5 aliphatic heterocycles. The maximum atomic E-state index is 12.4. The number of carbonyl (C=O) groups is 5. The predicted molar refractivity (Wildman–Crippen MR) is 247 cm³/mol. The Hall–Kier alpha value is -4.79. The SMILES string of the molecule is O=C(C[C@H]1NCCC[C@@H]1O)CN1CNc2ccccc2C1=O.O=C(C[C@H]1NCCC[C@@H]1O)CN1CNc2ccccc2C1=O.O=C(C[C@H]1NCCC[C@@H]1O)Cn1cnc2cc[c-]cc2c1=O.[Y]. The van der Waals surface area contributed by atoms with E-state index in [1.165, 1.54) is 20.7 Å². The molecule has 0 unspecified atom stereocenters. The van der Waals surface area contributed by atoms with Crippen molar-refractivity contribution in [3.05, 3.63) is 101 Å². The molecule has 5 aliphatic rings. The number of anilines is 2. The van der Waals surface area contributed by atoms with Crippen molar-refractivity contribution in [1.82, 2.24) is 35.3 Å². The molecule has 6 atom stereocenters. The number of rotatable bonds is 12. The fourth-order valence-corrected chi connectivity index (χ4v) is 8.88. The van der Waals surface area contributed by atoms with Gasteiger partial charge in [0.05, 0.1) is 68.7 Å². The number of nitrogens with one attached hydrogen (secondary N) is 5.